The summed E-state index contributed by atoms with van der Waals surface area (Å²) in [5, 5.41) is 13.6. The number of nitrogens with zero attached hydrogens (tertiary/aromatic N) is 1. The van der Waals surface area contributed by atoms with Crippen molar-refractivity contribution in [2.45, 2.75) is 6.10 Å². The van der Waals surface area contributed by atoms with Gasteiger partial charge in [0.25, 0.3) is 0 Å². The van der Waals surface area contributed by atoms with Crippen LogP contribution in [0.2, 0.25) is 10.0 Å². The minimum absolute atomic E-state index is 0. The van der Waals surface area contributed by atoms with E-state index in [-0.39, 0.29) is 43.1 Å². The maximum absolute atomic E-state index is 10.0. The Balaban J connectivity index is 0.00000392. The first kappa shape index (κ1) is 24.4. The number of hydrogen-bond acceptors (Lipinski definition) is 5. The van der Waals surface area contributed by atoms with E-state index in [1.807, 2.05) is 0 Å². The number of aliphatic hydroxyl groups is 1. The molecule has 2 aromatic carbocycles. The first-order valence-electron chi connectivity index (χ1n) is 7.98. The zero-order valence-electron chi connectivity index (χ0n) is 15.3. The van der Waals surface area contributed by atoms with E-state index in [0.717, 1.165) is 0 Å². The van der Waals surface area contributed by atoms with E-state index in [0.29, 0.717) is 33.0 Å². The van der Waals surface area contributed by atoms with Crippen molar-refractivity contribution in [3.63, 3.8) is 0 Å². The van der Waals surface area contributed by atoms with E-state index in [2.05, 4.69) is 10.3 Å². The summed E-state index contributed by atoms with van der Waals surface area (Å²) in [6.45, 7) is 0.0392. The van der Waals surface area contributed by atoms with Crippen LogP contribution < -0.4 is 25.3 Å². The third-order valence-electron chi connectivity index (χ3n) is 3.48. The summed E-state index contributed by atoms with van der Waals surface area (Å²) in [6.07, 6.45) is -0.870. The van der Waals surface area contributed by atoms with Gasteiger partial charge in [0, 0.05) is 11.8 Å². The second-order valence-electron chi connectivity index (χ2n) is 5.44. The second kappa shape index (κ2) is 12.1. The quantitative estimate of drug-likeness (QED) is 0.267. The van der Waals surface area contributed by atoms with Gasteiger partial charge < -0.3 is 30.4 Å². The second-order valence-corrected chi connectivity index (χ2v) is 6.22. The molecule has 0 saturated carbocycles. The van der Waals surface area contributed by atoms with Crippen LogP contribution in [0.3, 0.4) is 0 Å². The predicted octanol–water partition coefficient (Wildman–Crippen LogP) is 3.80. The molecular formula is C18H22Cl2IN3O4. The fourth-order valence-electron chi connectivity index (χ4n) is 2.14. The van der Waals surface area contributed by atoms with Gasteiger partial charge in [-0.25, -0.2) is 0 Å². The Kier molecular flexibility index (Phi) is 10.5. The molecule has 4 N–H and O–H groups in total. The average molecular weight is 542 g/mol. The molecule has 0 aliphatic heterocycles. The molecule has 0 aliphatic carbocycles. The Morgan fingerprint density at radius 1 is 1.14 bits per heavy atom. The van der Waals surface area contributed by atoms with Crippen molar-refractivity contribution in [3.8, 4) is 17.2 Å². The number of hydrogen-bond donors (Lipinski definition) is 3. The molecule has 2 aromatic rings. The van der Waals surface area contributed by atoms with Gasteiger partial charge >= 0.3 is 0 Å². The number of benzene rings is 2. The van der Waals surface area contributed by atoms with E-state index in [1.165, 1.54) is 0 Å². The van der Waals surface area contributed by atoms with Crippen LogP contribution in [-0.2, 0) is 0 Å². The van der Waals surface area contributed by atoms with Gasteiger partial charge in [0.15, 0.2) is 17.5 Å². The van der Waals surface area contributed by atoms with E-state index in [1.54, 1.807) is 50.6 Å². The van der Waals surface area contributed by atoms with Gasteiger partial charge in [0.1, 0.15) is 23.5 Å². The van der Waals surface area contributed by atoms with Crippen LogP contribution in [0.25, 0.3) is 0 Å². The number of aliphatic imine (C=N–C) groups is 1. The van der Waals surface area contributed by atoms with Gasteiger partial charge in [-0.15, -0.1) is 24.0 Å². The number of aliphatic hydroxyl groups excluding tert-OH is 1. The predicted molar refractivity (Wildman–Crippen MR) is 123 cm³/mol. The fourth-order valence-corrected chi connectivity index (χ4v) is 2.49. The monoisotopic (exact) mass is 541 g/mol. The van der Waals surface area contributed by atoms with Crippen molar-refractivity contribution >= 4 is 58.8 Å². The summed E-state index contributed by atoms with van der Waals surface area (Å²) < 4.78 is 15.9. The molecule has 0 amide bonds. The number of ether oxygens (including phenoxy) is 3. The molecule has 28 heavy (non-hydrogen) atoms. The molecule has 0 spiro atoms. The van der Waals surface area contributed by atoms with Crippen molar-refractivity contribution in [1.29, 1.82) is 0 Å². The number of methoxy groups -OCH3 is 2. The lowest BCUT2D eigenvalue weighted by Crippen LogP contribution is -2.27. The molecule has 0 bridgehead atoms. The van der Waals surface area contributed by atoms with Crippen molar-refractivity contribution in [2.75, 3.05) is 32.7 Å². The summed E-state index contributed by atoms with van der Waals surface area (Å²) in [4.78, 5) is 4.09. The normalized spacial score (nSPS) is 12.0. The Hall–Kier alpha value is -1.62. The molecule has 0 aromatic heterocycles. The largest absolute Gasteiger partial charge is 0.493 e. The van der Waals surface area contributed by atoms with E-state index in [9.17, 15) is 5.11 Å². The molecule has 0 heterocycles. The van der Waals surface area contributed by atoms with E-state index >= 15 is 0 Å². The minimum Gasteiger partial charge on any atom is -0.493 e. The van der Waals surface area contributed by atoms with Crippen molar-refractivity contribution in [3.05, 3.63) is 46.4 Å². The molecule has 10 heteroatoms. The first-order valence-corrected chi connectivity index (χ1v) is 8.74. The Bertz CT molecular complexity index is 808. The highest BCUT2D eigenvalue weighted by Crippen LogP contribution is 2.31. The highest BCUT2D eigenvalue weighted by molar-refractivity contribution is 14.0. The van der Waals surface area contributed by atoms with Gasteiger partial charge in [0.05, 0.1) is 25.8 Å². The average Bonchev–Trinajstić information content (AvgIpc) is 2.67. The van der Waals surface area contributed by atoms with Crippen LogP contribution in [0, 0.1) is 0 Å². The van der Waals surface area contributed by atoms with Crippen molar-refractivity contribution < 1.29 is 19.3 Å². The zero-order valence-corrected chi connectivity index (χ0v) is 19.2. The minimum atomic E-state index is -0.870. The number of nitrogens with two attached hydrogens (primary N) is 1. The summed E-state index contributed by atoms with van der Waals surface area (Å²) in [5.41, 5.74) is 6.52. The molecule has 154 valence electrons. The Labute approximate surface area is 190 Å². The third kappa shape index (κ3) is 7.08. The Morgan fingerprint density at radius 2 is 1.86 bits per heavy atom. The number of anilines is 1. The van der Waals surface area contributed by atoms with Gasteiger partial charge in [-0.1, -0.05) is 29.3 Å². The number of guanidine groups is 1. The SMILES string of the molecule is COc1ccc(NC(N)=NCC(O)COc2cccc(Cl)c2Cl)cc1OC.I. The lowest BCUT2D eigenvalue weighted by molar-refractivity contribution is 0.114. The highest BCUT2D eigenvalue weighted by Gasteiger charge is 2.10. The van der Waals surface area contributed by atoms with Crippen molar-refractivity contribution in [1.82, 2.24) is 0 Å². The molecule has 2 rings (SSSR count). The van der Waals surface area contributed by atoms with Crippen LogP contribution >= 0.6 is 47.2 Å². The van der Waals surface area contributed by atoms with Gasteiger partial charge in [0.2, 0.25) is 0 Å². The summed E-state index contributed by atoms with van der Waals surface area (Å²) in [6, 6.07) is 10.3. The van der Waals surface area contributed by atoms with Crippen LogP contribution in [0.15, 0.2) is 41.4 Å². The van der Waals surface area contributed by atoms with Crippen LogP contribution in [-0.4, -0.2) is 44.5 Å². The summed E-state index contributed by atoms with van der Waals surface area (Å²) in [7, 11) is 3.10. The van der Waals surface area contributed by atoms with Crippen LogP contribution in [0.5, 0.6) is 17.2 Å². The topological polar surface area (TPSA) is 98.3 Å². The molecule has 0 saturated heterocycles. The molecule has 0 radical (unpaired) electrons. The maximum atomic E-state index is 10.0. The van der Waals surface area contributed by atoms with Crippen LogP contribution in [0.4, 0.5) is 5.69 Å². The molecule has 0 aliphatic rings. The van der Waals surface area contributed by atoms with Gasteiger partial charge in [-0.2, -0.15) is 0 Å². The zero-order chi connectivity index (χ0) is 19.8. The molecular weight excluding hydrogens is 520 g/mol. The van der Waals surface area contributed by atoms with Gasteiger partial charge in [-0.3, -0.25) is 4.99 Å². The maximum Gasteiger partial charge on any atom is 0.193 e. The van der Waals surface area contributed by atoms with Crippen molar-refractivity contribution in [2.24, 2.45) is 10.7 Å². The van der Waals surface area contributed by atoms with Crippen LogP contribution in [0.1, 0.15) is 0 Å². The lowest BCUT2D eigenvalue weighted by Gasteiger charge is -2.13. The fraction of sp³-hybridized carbons (Fsp3) is 0.278. The smallest absolute Gasteiger partial charge is 0.193 e. The van der Waals surface area contributed by atoms with Gasteiger partial charge in [-0.05, 0) is 24.3 Å². The lowest BCUT2D eigenvalue weighted by atomic mass is 10.3. The Morgan fingerprint density at radius 3 is 2.54 bits per heavy atom. The highest BCUT2D eigenvalue weighted by atomic mass is 127. The number of rotatable bonds is 8. The van der Waals surface area contributed by atoms with E-state index < -0.39 is 6.10 Å². The number of halogens is 3. The third-order valence-corrected chi connectivity index (χ3v) is 4.28. The molecule has 1 atom stereocenters. The molecule has 0 fully saturated rings. The summed E-state index contributed by atoms with van der Waals surface area (Å²) in [5.74, 6) is 1.69. The molecule has 1 unspecified atom stereocenters. The summed E-state index contributed by atoms with van der Waals surface area (Å²) >= 11 is 11.9. The standard InChI is InChI=1S/C18H21Cl2N3O4.HI/c1-25-14-7-6-11(8-16(14)26-2)23-18(21)22-9-12(24)10-27-15-5-3-4-13(19)17(15)20;/h3-8,12,24H,9-10H2,1-2H3,(H3,21,22,23);1H. The first-order chi connectivity index (χ1) is 12.9. The number of nitrogens with one attached hydrogen (secondary N) is 1. The molecule has 7 nitrogen and oxygen atoms in total. The van der Waals surface area contributed by atoms with E-state index in [4.69, 9.17) is 43.1 Å².